The second kappa shape index (κ2) is 5.53. The van der Waals surface area contributed by atoms with Crippen LogP contribution >= 0.6 is 15.9 Å². The third-order valence-corrected chi connectivity index (χ3v) is 4.16. The molecule has 1 heterocycles. The van der Waals surface area contributed by atoms with E-state index >= 15 is 0 Å². The van der Waals surface area contributed by atoms with E-state index in [-0.39, 0.29) is 5.92 Å². The van der Waals surface area contributed by atoms with E-state index in [0.717, 1.165) is 36.1 Å². The third-order valence-electron chi connectivity index (χ3n) is 3.51. The molecule has 1 fully saturated rings. The van der Waals surface area contributed by atoms with Crippen molar-refractivity contribution in [2.45, 2.75) is 19.8 Å². The molecule has 0 aliphatic carbocycles. The summed E-state index contributed by atoms with van der Waals surface area (Å²) in [6.07, 6.45) is 1.85. The Kier molecular flexibility index (Phi) is 4.03. The number of hydrogen-bond donors (Lipinski definition) is 0. The summed E-state index contributed by atoms with van der Waals surface area (Å²) in [5.74, 6) is 0.527. The number of halogens is 1. The molecule has 1 aliphatic heterocycles. The van der Waals surface area contributed by atoms with Gasteiger partial charge in [-0.2, -0.15) is 5.26 Å². The van der Waals surface area contributed by atoms with Gasteiger partial charge in [-0.05, 0) is 53.9 Å². The van der Waals surface area contributed by atoms with Crippen LogP contribution in [0.25, 0.3) is 0 Å². The second-order valence-corrected chi connectivity index (χ2v) is 5.50. The molecule has 0 atom stereocenters. The van der Waals surface area contributed by atoms with E-state index in [1.807, 2.05) is 18.2 Å². The number of carbonyl (C=O) groups is 1. The average molecular weight is 307 g/mol. The van der Waals surface area contributed by atoms with Gasteiger partial charge in [0.1, 0.15) is 11.9 Å². The van der Waals surface area contributed by atoms with Gasteiger partial charge in [0.15, 0.2) is 0 Å². The second-order valence-electron chi connectivity index (χ2n) is 4.65. The molecule has 0 aromatic heterocycles. The third kappa shape index (κ3) is 2.73. The van der Waals surface area contributed by atoms with E-state index in [9.17, 15) is 4.79 Å². The number of Topliss-reactive ketones (excluding diaryl/α,β-unsaturated/α-hetero) is 1. The highest BCUT2D eigenvalue weighted by Gasteiger charge is 2.22. The molecule has 94 valence electrons. The highest BCUT2D eigenvalue weighted by molar-refractivity contribution is 9.10. The first kappa shape index (κ1) is 13.1. The number of carbonyl (C=O) groups excluding carboxylic acids is 1. The Bertz CT molecular complexity index is 499. The zero-order valence-corrected chi connectivity index (χ0v) is 11.9. The topological polar surface area (TPSA) is 44.1 Å². The monoisotopic (exact) mass is 306 g/mol. The first-order valence-electron chi connectivity index (χ1n) is 6.07. The predicted molar refractivity (Wildman–Crippen MR) is 74.5 cm³/mol. The minimum Gasteiger partial charge on any atom is -0.371 e. The van der Waals surface area contributed by atoms with Crippen LogP contribution in [-0.2, 0) is 4.79 Å². The Morgan fingerprint density at radius 3 is 2.61 bits per heavy atom. The molecular formula is C14H15BrN2O. The molecule has 0 unspecified atom stereocenters. The van der Waals surface area contributed by atoms with Gasteiger partial charge < -0.3 is 4.90 Å². The average Bonchev–Trinajstić information content (AvgIpc) is 2.38. The molecule has 2 rings (SSSR count). The van der Waals surface area contributed by atoms with Gasteiger partial charge >= 0.3 is 0 Å². The molecule has 0 radical (unpaired) electrons. The molecule has 1 saturated heterocycles. The van der Waals surface area contributed by atoms with E-state index in [2.05, 4.69) is 26.9 Å². The van der Waals surface area contributed by atoms with Gasteiger partial charge in [0.2, 0.25) is 0 Å². The lowest BCUT2D eigenvalue weighted by molar-refractivity contribution is -0.121. The molecule has 0 bridgehead atoms. The molecule has 0 N–H and O–H groups in total. The maximum Gasteiger partial charge on any atom is 0.133 e. The Balaban J connectivity index is 2.08. The number of hydrogen-bond acceptors (Lipinski definition) is 3. The predicted octanol–water partition coefficient (Wildman–Crippen LogP) is 3.13. The molecule has 1 aromatic carbocycles. The standard InChI is InChI=1S/C14H15BrN2O/c1-10(18)11-4-6-17(7-5-11)13-3-2-12(9-16)14(15)8-13/h2-3,8,11H,4-7H2,1H3. The fourth-order valence-corrected chi connectivity index (χ4v) is 2.79. The van der Waals surface area contributed by atoms with Crippen molar-refractivity contribution in [3.8, 4) is 6.07 Å². The first-order valence-corrected chi connectivity index (χ1v) is 6.86. The van der Waals surface area contributed by atoms with Crippen LogP contribution in [0.15, 0.2) is 22.7 Å². The maximum atomic E-state index is 11.3. The summed E-state index contributed by atoms with van der Waals surface area (Å²) in [7, 11) is 0. The number of piperidine rings is 1. The number of anilines is 1. The summed E-state index contributed by atoms with van der Waals surface area (Å²) in [4.78, 5) is 13.6. The van der Waals surface area contributed by atoms with Gasteiger partial charge in [-0.15, -0.1) is 0 Å². The molecule has 0 spiro atoms. The summed E-state index contributed by atoms with van der Waals surface area (Å²) < 4.78 is 0.830. The number of benzene rings is 1. The first-order chi connectivity index (χ1) is 8.61. The minimum atomic E-state index is 0.225. The SMILES string of the molecule is CC(=O)C1CCN(c2ccc(C#N)c(Br)c2)CC1. The van der Waals surface area contributed by atoms with Gasteiger partial charge in [0.05, 0.1) is 5.56 Å². The number of nitrogens with zero attached hydrogens (tertiary/aromatic N) is 2. The quantitative estimate of drug-likeness (QED) is 0.843. The van der Waals surface area contributed by atoms with Crippen molar-refractivity contribution in [2.75, 3.05) is 18.0 Å². The van der Waals surface area contributed by atoms with Crippen molar-refractivity contribution in [2.24, 2.45) is 5.92 Å². The number of ketones is 1. The molecule has 3 nitrogen and oxygen atoms in total. The Labute approximate surface area is 116 Å². The minimum absolute atomic E-state index is 0.225. The molecule has 1 aromatic rings. The number of rotatable bonds is 2. The molecule has 18 heavy (non-hydrogen) atoms. The van der Waals surface area contributed by atoms with E-state index in [4.69, 9.17) is 5.26 Å². The van der Waals surface area contributed by atoms with Crippen LogP contribution in [0.3, 0.4) is 0 Å². The largest absolute Gasteiger partial charge is 0.371 e. The lowest BCUT2D eigenvalue weighted by atomic mass is 9.93. The van der Waals surface area contributed by atoms with Crippen molar-refractivity contribution in [3.05, 3.63) is 28.2 Å². The van der Waals surface area contributed by atoms with E-state index in [1.54, 1.807) is 6.92 Å². The van der Waals surface area contributed by atoms with Gasteiger partial charge in [0.25, 0.3) is 0 Å². The normalized spacial score (nSPS) is 16.4. The lowest BCUT2D eigenvalue weighted by Crippen LogP contribution is -2.35. The highest BCUT2D eigenvalue weighted by atomic mass is 79.9. The fourth-order valence-electron chi connectivity index (χ4n) is 2.34. The molecule has 1 aliphatic rings. The summed E-state index contributed by atoms with van der Waals surface area (Å²) in [5, 5.41) is 8.88. The van der Waals surface area contributed by atoms with Crippen molar-refractivity contribution >= 4 is 27.4 Å². The zero-order chi connectivity index (χ0) is 13.1. The van der Waals surface area contributed by atoms with Crippen LogP contribution in [0.1, 0.15) is 25.3 Å². The Hall–Kier alpha value is -1.34. The van der Waals surface area contributed by atoms with Crippen molar-refractivity contribution in [1.82, 2.24) is 0 Å². The molecule has 0 amide bonds. The van der Waals surface area contributed by atoms with Crippen LogP contribution in [0.5, 0.6) is 0 Å². The smallest absolute Gasteiger partial charge is 0.133 e. The maximum absolute atomic E-state index is 11.3. The van der Waals surface area contributed by atoms with Crippen molar-refractivity contribution < 1.29 is 4.79 Å². The lowest BCUT2D eigenvalue weighted by Gasteiger charge is -2.32. The molecule has 0 saturated carbocycles. The van der Waals surface area contributed by atoms with Gasteiger partial charge in [0, 0.05) is 29.2 Å². The summed E-state index contributed by atoms with van der Waals surface area (Å²) >= 11 is 3.41. The van der Waals surface area contributed by atoms with Crippen LogP contribution < -0.4 is 4.90 Å². The molecule has 4 heteroatoms. The van der Waals surface area contributed by atoms with Crippen LogP contribution in [-0.4, -0.2) is 18.9 Å². The van der Waals surface area contributed by atoms with Gasteiger partial charge in [-0.25, -0.2) is 0 Å². The van der Waals surface area contributed by atoms with Gasteiger partial charge in [-0.3, -0.25) is 4.79 Å². The van der Waals surface area contributed by atoms with Crippen LogP contribution in [0.4, 0.5) is 5.69 Å². The highest BCUT2D eigenvalue weighted by Crippen LogP contribution is 2.27. The zero-order valence-electron chi connectivity index (χ0n) is 10.3. The summed E-state index contributed by atoms with van der Waals surface area (Å²) in [6, 6.07) is 7.92. The van der Waals surface area contributed by atoms with Crippen molar-refractivity contribution in [3.63, 3.8) is 0 Å². The Morgan fingerprint density at radius 1 is 1.44 bits per heavy atom. The van der Waals surface area contributed by atoms with Crippen molar-refractivity contribution in [1.29, 1.82) is 5.26 Å². The summed E-state index contributed by atoms with van der Waals surface area (Å²) in [5.41, 5.74) is 1.76. The van der Waals surface area contributed by atoms with E-state index < -0.39 is 0 Å². The van der Waals surface area contributed by atoms with E-state index in [0.29, 0.717) is 11.3 Å². The van der Waals surface area contributed by atoms with Crippen LogP contribution in [0, 0.1) is 17.2 Å². The summed E-state index contributed by atoms with van der Waals surface area (Å²) in [6.45, 7) is 3.49. The Morgan fingerprint density at radius 2 is 2.11 bits per heavy atom. The molecular weight excluding hydrogens is 292 g/mol. The fraction of sp³-hybridized carbons (Fsp3) is 0.429. The van der Waals surface area contributed by atoms with Gasteiger partial charge in [-0.1, -0.05) is 0 Å². The number of nitriles is 1. The van der Waals surface area contributed by atoms with Crippen LogP contribution in [0.2, 0.25) is 0 Å². The van der Waals surface area contributed by atoms with E-state index in [1.165, 1.54) is 0 Å².